The number of rotatable bonds is 17. The molecule has 2 aromatic heterocycles. The Balaban J connectivity index is 1.20. The van der Waals surface area contributed by atoms with Crippen LogP contribution < -0.4 is 10.1 Å². The number of ether oxygens (including phenoxy) is 1. The Morgan fingerprint density at radius 2 is 1.55 bits per heavy atom. The molecule has 3 heterocycles. The number of nitrogens with zero attached hydrogens (tertiary/aromatic N) is 3. The molecule has 1 fully saturated rings. The van der Waals surface area contributed by atoms with E-state index in [1.807, 2.05) is 54.6 Å². The molecule has 4 aromatic rings. The number of thiophene rings is 1. The summed E-state index contributed by atoms with van der Waals surface area (Å²) in [4.78, 5) is 50.4. The number of carbonyl (C=O) groups is 3. The first kappa shape index (κ1) is 35.7. The van der Waals surface area contributed by atoms with Gasteiger partial charge in [0.1, 0.15) is 11.8 Å². The van der Waals surface area contributed by atoms with Crippen molar-refractivity contribution < 1.29 is 24.2 Å². The van der Waals surface area contributed by atoms with Crippen molar-refractivity contribution in [3.8, 4) is 28.3 Å². The molecule has 1 atom stereocenters. The minimum absolute atomic E-state index is 0.140. The first-order valence-corrected chi connectivity index (χ1v) is 18.1. The number of carbonyl (C=O) groups excluding carboxylic acids is 2. The van der Waals surface area contributed by atoms with Crippen LogP contribution in [0.4, 0.5) is 0 Å². The third-order valence-electron chi connectivity index (χ3n) is 8.65. The molecule has 49 heavy (non-hydrogen) atoms. The van der Waals surface area contributed by atoms with Crippen LogP contribution in [0.25, 0.3) is 22.5 Å². The van der Waals surface area contributed by atoms with Gasteiger partial charge in [-0.25, -0.2) is 9.97 Å². The molecule has 5 rings (SSSR count). The fourth-order valence-corrected chi connectivity index (χ4v) is 6.89. The monoisotopic (exact) mass is 682 g/mol. The van der Waals surface area contributed by atoms with Gasteiger partial charge in [-0.15, -0.1) is 11.3 Å². The largest absolute Gasteiger partial charge is 0.494 e. The Hall–Kier alpha value is -4.57. The van der Waals surface area contributed by atoms with Crippen LogP contribution in [-0.2, 0) is 22.4 Å². The Morgan fingerprint density at radius 3 is 2.20 bits per heavy atom. The lowest BCUT2D eigenvalue weighted by atomic mass is 9.97. The molecule has 10 heteroatoms. The van der Waals surface area contributed by atoms with Crippen LogP contribution >= 0.6 is 11.3 Å². The van der Waals surface area contributed by atoms with Crippen LogP contribution in [0.15, 0.2) is 73.1 Å². The predicted octanol–water partition coefficient (Wildman–Crippen LogP) is 7.30. The second-order valence-electron chi connectivity index (χ2n) is 13.2. The maximum atomic E-state index is 13.5. The van der Waals surface area contributed by atoms with E-state index in [4.69, 9.17) is 4.74 Å². The zero-order valence-corrected chi connectivity index (χ0v) is 29.4. The Labute approximate surface area is 292 Å². The first-order valence-electron chi connectivity index (χ1n) is 17.3. The Bertz CT molecular complexity index is 1680. The van der Waals surface area contributed by atoms with Gasteiger partial charge in [0.2, 0.25) is 5.91 Å². The molecule has 1 aliphatic rings. The van der Waals surface area contributed by atoms with Crippen molar-refractivity contribution in [1.82, 2.24) is 20.2 Å². The van der Waals surface area contributed by atoms with E-state index >= 15 is 0 Å². The number of benzene rings is 2. The highest BCUT2D eigenvalue weighted by atomic mass is 32.1. The summed E-state index contributed by atoms with van der Waals surface area (Å²) in [6.07, 6.45) is 10.8. The molecule has 0 unspecified atom stereocenters. The number of aromatic nitrogens is 2. The van der Waals surface area contributed by atoms with Gasteiger partial charge in [0, 0.05) is 47.9 Å². The second kappa shape index (κ2) is 17.2. The lowest BCUT2D eigenvalue weighted by molar-refractivity contribution is -0.153. The first-order chi connectivity index (χ1) is 23.7. The number of likely N-dealkylation sites (tertiary alicyclic amines) is 1. The highest BCUT2D eigenvalue weighted by Gasteiger charge is 2.39. The highest BCUT2D eigenvalue weighted by Crippen LogP contribution is 2.25. The summed E-state index contributed by atoms with van der Waals surface area (Å²) in [5.41, 5.74) is 3.59. The quantitative estimate of drug-likeness (QED) is 0.112. The highest BCUT2D eigenvalue weighted by molar-refractivity contribution is 7.14. The van der Waals surface area contributed by atoms with Crippen LogP contribution in [0, 0.1) is 11.8 Å². The standard InChI is InChI=1S/C39H46N4O5S/c1-4-5-6-7-8-19-48-32-15-13-28(14-16-32)30-22-40-36(41-23-30)29-11-9-27(10-12-29)21-34(38(45)43-24-31(25-43)39(46)47)42-37(44)35-18-17-33(49-35)20-26(2)3/h9-18,22-23,26,31,34H,4-8,19-21,24-25H2,1-3H3,(H,42,44)(H,46,47)/t34-/m0/s1. The Morgan fingerprint density at radius 1 is 0.878 bits per heavy atom. The van der Waals surface area contributed by atoms with Crippen molar-refractivity contribution in [2.75, 3.05) is 19.7 Å². The van der Waals surface area contributed by atoms with E-state index in [-0.39, 0.29) is 31.3 Å². The summed E-state index contributed by atoms with van der Waals surface area (Å²) < 4.78 is 5.89. The van der Waals surface area contributed by atoms with Crippen LogP contribution in [-0.4, -0.2) is 63.5 Å². The molecular formula is C39H46N4O5S. The lowest BCUT2D eigenvalue weighted by Gasteiger charge is -2.38. The molecule has 9 nitrogen and oxygen atoms in total. The summed E-state index contributed by atoms with van der Waals surface area (Å²) in [6.45, 7) is 7.48. The molecule has 1 aliphatic heterocycles. The average Bonchev–Trinajstić information content (AvgIpc) is 3.54. The smallest absolute Gasteiger partial charge is 0.310 e. The fourth-order valence-electron chi connectivity index (χ4n) is 5.77. The van der Waals surface area contributed by atoms with E-state index in [0.717, 1.165) is 52.3 Å². The number of aliphatic carboxylic acids is 1. The normalized spacial score (nSPS) is 13.6. The molecule has 2 amide bonds. The molecule has 1 saturated heterocycles. The van der Waals surface area contributed by atoms with E-state index in [2.05, 4.69) is 36.1 Å². The van der Waals surface area contributed by atoms with E-state index in [1.165, 1.54) is 41.9 Å². The van der Waals surface area contributed by atoms with E-state index in [9.17, 15) is 19.5 Å². The average molecular weight is 683 g/mol. The lowest BCUT2D eigenvalue weighted by Crippen LogP contribution is -2.59. The third kappa shape index (κ3) is 9.98. The van der Waals surface area contributed by atoms with Gasteiger partial charge in [-0.3, -0.25) is 14.4 Å². The number of unbranched alkanes of at least 4 members (excludes halogenated alkanes) is 4. The molecule has 2 aromatic carbocycles. The Kier molecular flexibility index (Phi) is 12.5. The number of hydrogen-bond donors (Lipinski definition) is 2. The molecule has 0 saturated carbocycles. The van der Waals surface area contributed by atoms with Gasteiger partial charge in [0.05, 0.1) is 17.4 Å². The maximum Gasteiger partial charge on any atom is 0.310 e. The summed E-state index contributed by atoms with van der Waals surface area (Å²) in [5.74, 6) is -0.181. The number of hydrogen-bond acceptors (Lipinski definition) is 7. The molecule has 0 aliphatic carbocycles. The minimum Gasteiger partial charge on any atom is -0.494 e. The molecule has 2 N–H and O–H groups in total. The van der Waals surface area contributed by atoms with Crippen molar-refractivity contribution in [1.29, 1.82) is 0 Å². The zero-order chi connectivity index (χ0) is 34.8. The molecule has 0 bridgehead atoms. The summed E-state index contributed by atoms with van der Waals surface area (Å²) in [7, 11) is 0. The van der Waals surface area contributed by atoms with E-state index < -0.39 is 17.9 Å². The van der Waals surface area contributed by atoms with Crippen molar-refractivity contribution in [2.24, 2.45) is 11.8 Å². The van der Waals surface area contributed by atoms with Crippen molar-refractivity contribution in [2.45, 2.75) is 71.8 Å². The number of carboxylic acid groups (broad SMARTS) is 1. The maximum absolute atomic E-state index is 13.5. The molecular weight excluding hydrogens is 637 g/mol. The number of nitrogens with one attached hydrogen (secondary N) is 1. The van der Waals surface area contributed by atoms with Gasteiger partial charge in [-0.1, -0.05) is 82.9 Å². The predicted molar refractivity (Wildman–Crippen MR) is 193 cm³/mol. The van der Waals surface area contributed by atoms with E-state index in [0.29, 0.717) is 16.6 Å². The summed E-state index contributed by atoms with van der Waals surface area (Å²) in [6, 6.07) is 18.5. The van der Waals surface area contributed by atoms with Crippen LogP contribution in [0.2, 0.25) is 0 Å². The summed E-state index contributed by atoms with van der Waals surface area (Å²) >= 11 is 1.43. The van der Waals surface area contributed by atoms with Gasteiger partial charge >= 0.3 is 5.97 Å². The van der Waals surface area contributed by atoms with Crippen molar-refractivity contribution in [3.63, 3.8) is 0 Å². The SMILES string of the molecule is CCCCCCCOc1ccc(-c2cnc(-c3ccc(C[C@H](NC(=O)c4ccc(CC(C)C)s4)C(=O)N4CC(C(=O)O)C4)cc3)nc2)cc1. The van der Waals surface area contributed by atoms with Crippen LogP contribution in [0.3, 0.4) is 0 Å². The number of carboxylic acids is 1. The number of amides is 2. The van der Waals surface area contributed by atoms with Crippen molar-refractivity contribution >= 4 is 29.1 Å². The van der Waals surface area contributed by atoms with Crippen molar-refractivity contribution in [3.05, 3.63) is 88.4 Å². The van der Waals surface area contributed by atoms with Gasteiger partial charge in [-0.2, -0.15) is 0 Å². The molecule has 258 valence electrons. The summed E-state index contributed by atoms with van der Waals surface area (Å²) in [5, 5.41) is 12.2. The van der Waals surface area contributed by atoms with Gasteiger partial charge < -0.3 is 20.1 Å². The van der Waals surface area contributed by atoms with Gasteiger partial charge in [0.15, 0.2) is 5.82 Å². The van der Waals surface area contributed by atoms with Crippen LogP contribution in [0.1, 0.15) is 73.0 Å². The fraction of sp³-hybridized carbons (Fsp3) is 0.410. The van der Waals surface area contributed by atoms with E-state index in [1.54, 1.807) is 18.5 Å². The van der Waals surface area contributed by atoms with Gasteiger partial charge in [-0.05, 0) is 54.2 Å². The van der Waals surface area contributed by atoms with Crippen LogP contribution in [0.5, 0.6) is 5.75 Å². The third-order valence-corrected chi connectivity index (χ3v) is 9.76. The zero-order valence-electron chi connectivity index (χ0n) is 28.6. The van der Waals surface area contributed by atoms with Gasteiger partial charge in [0.25, 0.3) is 5.91 Å². The minimum atomic E-state index is -0.918. The molecule has 0 radical (unpaired) electrons. The molecule has 0 spiro atoms. The topological polar surface area (TPSA) is 122 Å². The second-order valence-corrected chi connectivity index (χ2v) is 14.3.